The normalized spacial score (nSPS) is 11.5. The molecule has 0 aliphatic rings. The third kappa shape index (κ3) is 5.14. The fourth-order valence-corrected chi connectivity index (χ4v) is 3.88. The van der Waals surface area contributed by atoms with Crippen LogP contribution in [-0.2, 0) is 4.79 Å². The minimum absolute atomic E-state index is 0.128. The number of carbonyl (C=O) groups is 1. The number of nitrogens with one attached hydrogen (secondary N) is 1. The summed E-state index contributed by atoms with van der Waals surface area (Å²) in [5, 5.41) is 13.5. The Morgan fingerprint density at radius 3 is 2.52 bits per heavy atom. The molecule has 29 heavy (non-hydrogen) atoms. The van der Waals surface area contributed by atoms with Gasteiger partial charge < -0.3 is 10.1 Å². The maximum atomic E-state index is 13.1. The summed E-state index contributed by atoms with van der Waals surface area (Å²) in [4.78, 5) is 24.9. The summed E-state index contributed by atoms with van der Waals surface area (Å²) in [6, 6.07) is 21.5. The molecule has 1 atom stereocenters. The van der Waals surface area contributed by atoms with E-state index in [-0.39, 0.29) is 17.3 Å². The van der Waals surface area contributed by atoms with Crippen molar-refractivity contribution in [3.05, 3.63) is 94.0 Å². The lowest BCUT2D eigenvalue weighted by Crippen LogP contribution is -2.19. The van der Waals surface area contributed by atoms with Crippen molar-refractivity contribution >= 4 is 29.0 Å². The van der Waals surface area contributed by atoms with E-state index in [4.69, 9.17) is 4.74 Å². The number of aryl methyl sites for hydroxylation is 1. The lowest BCUT2D eigenvalue weighted by atomic mass is 10.1. The fourth-order valence-electron chi connectivity index (χ4n) is 2.81. The van der Waals surface area contributed by atoms with Crippen LogP contribution < -0.4 is 10.1 Å². The predicted molar refractivity (Wildman–Crippen MR) is 114 cm³/mol. The van der Waals surface area contributed by atoms with E-state index in [1.54, 1.807) is 26.2 Å². The molecule has 148 valence electrons. The molecule has 0 saturated carbocycles. The van der Waals surface area contributed by atoms with Gasteiger partial charge in [-0.2, -0.15) is 0 Å². The zero-order chi connectivity index (χ0) is 20.8. The SMILES string of the molecule is COc1cccc(SC(C(=O)Nc2ccc(C)cc2[N+](=O)[O-])c2ccccc2)c1. The highest BCUT2D eigenvalue weighted by molar-refractivity contribution is 8.00. The Balaban J connectivity index is 1.92. The van der Waals surface area contributed by atoms with Crippen LogP contribution in [0.3, 0.4) is 0 Å². The van der Waals surface area contributed by atoms with Crippen LogP contribution in [0.15, 0.2) is 77.7 Å². The Labute approximate surface area is 173 Å². The molecule has 6 nitrogen and oxygen atoms in total. The Morgan fingerprint density at radius 2 is 1.83 bits per heavy atom. The quantitative estimate of drug-likeness (QED) is 0.322. The van der Waals surface area contributed by atoms with Crippen LogP contribution in [0.4, 0.5) is 11.4 Å². The van der Waals surface area contributed by atoms with Crippen LogP contribution in [0.25, 0.3) is 0 Å². The Bertz CT molecular complexity index is 1020. The van der Waals surface area contributed by atoms with E-state index in [1.807, 2.05) is 54.6 Å². The Morgan fingerprint density at radius 1 is 1.07 bits per heavy atom. The van der Waals surface area contributed by atoms with Crippen molar-refractivity contribution in [1.29, 1.82) is 0 Å². The lowest BCUT2D eigenvalue weighted by Gasteiger charge is -2.17. The molecule has 0 aliphatic heterocycles. The van der Waals surface area contributed by atoms with Gasteiger partial charge in [0.1, 0.15) is 16.7 Å². The number of thioether (sulfide) groups is 1. The number of ether oxygens (including phenoxy) is 1. The van der Waals surface area contributed by atoms with Crippen molar-refractivity contribution < 1.29 is 14.5 Å². The molecule has 1 amide bonds. The van der Waals surface area contributed by atoms with Gasteiger partial charge in [-0.1, -0.05) is 42.5 Å². The number of nitro benzene ring substituents is 1. The first kappa shape index (κ1) is 20.4. The minimum Gasteiger partial charge on any atom is -0.497 e. The number of anilines is 1. The van der Waals surface area contributed by atoms with Gasteiger partial charge in [0.15, 0.2) is 0 Å². The maximum Gasteiger partial charge on any atom is 0.293 e. The fraction of sp³-hybridized carbons (Fsp3) is 0.136. The molecule has 0 heterocycles. The molecule has 0 fully saturated rings. The number of amides is 1. The number of benzene rings is 3. The van der Waals surface area contributed by atoms with E-state index in [0.717, 1.165) is 16.0 Å². The standard InChI is InChI=1S/C22H20N2O4S/c1-15-11-12-19(20(13-15)24(26)27)23-22(25)21(16-7-4-3-5-8-16)29-18-10-6-9-17(14-18)28-2/h3-14,21H,1-2H3,(H,23,25). The van der Waals surface area contributed by atoms with Gasteiger partial charge in [-0.05, 0) is 42.3 Å². The summed E-state index contributed by atoms with van der Waals surface area (Å²) in [6.07, 6.45) is 0. The number of carbonyl (C=O) groups excluding carboxylic acids is 1. The summed E-state index contributed by atoms with van der Waals surface area (Å²) >= 11 is 1.35. The highest BCUT2D eigenvalue weighted by Crippen LogP contribution is 2.38. The van der Waals surface area contributed by atoms with Crippen molar-refractivity contribution in [1.82, 2.24) is 0 Å². The van der Waals surface area contributed by atoms with Crippen LogP contribution in [0.5, 0.6) is 5.75 Å². The van der Waals surface area contributed by atoms with Gasteiger partial charge in [0, 0.05) is 11.0 Å². The van der Waals surface area contributed by atoms with Crippen molar-refractivity contribution in [2.24, 2.45) is 0 Å². The molecular formula is C22H20N2O4S. The second-order valence-corrected chi connectivity index (χ2v) is 7.53. The van der Waals surface area contributed by atoms with E-state index in [2.05, 4.69) is 5.32 Å². The topological polar surface area (TPSA) is 81.5 Å². The molecule has 3 aromatic rings. The molecule has 3 rings (SSSR count). The molecular weight excluding hydrogens is 388 g/mol. The number of methoxy groups -OCH3 is 1. The van der Waals surface area contributed by atoms with Crippen molar-refractivity contribution in [2.45, 2.75) is 17.1 Å². The molecule has 0 aromatic heterocycles. The average Bonchev–Trinajstić information content (AvgIpc) is 2.73. The second-order valence-electron chi connectivity index (χ2n) is 6.35. The van der Waals surface area contributed by atoms with E-state index >= 15 is 0 Å². The Hall–Kier alpha value is -3.32. The van der Waals surface area contributed by atoms with Gasteiger partial charge in [0.2, 0.25) is 5.91 Å². The van der Waals surface area contributed by atoms with Gasteiger partial charge in [0.25, 0.3) is 5.69 Å². The summed E-state index contributed by atoms with van der Waals surface area (Å²) in [5.74, 6) is 0.354. The van der Waals surface area contributed by atoms with Gasteiger partial charge in [-0.15, -0.1) is 11.8 Å². The third-order valence-corrected chi connectivity index (χ3v) is 5.49. The largest absolute Gasteiger partial charge is 0.497 e. The maximum absolute atomic E-state index is 13.1. The number of nitro groups is 1. The summed E-state index contributed by atoms with van der Waals surface area (Å²) in [6.45, 7) is 1.77. The van der Waals surface area contributed by atoms with Crippen molar-refractivity contribution in [3.8, 4) is 5.75 Å². The zero-order valence-electron chi connectivity index (χ0n) is 16.0. The van der Waals surface area contributed by atoms with E-state index in [1.165, 1.54) is 17.8 Å². The zero-order valence-corrected chi connectivity index (χ0v) is 16.8. The van der Waals surface area contributed by atoms with Crippen LogP contribution in [0.2, 0.25) is 0 Å². The third-order valence-electron chi connectivity index (χ3n) is 4.24. The molecule has 1 N–H and O–H groups in total. The van der Waals surface area contributed by atoms with Gasteiger partial charge >= 0.3 is 0 Å². The molecule has 0 aliphatic carbocycles. The summed E-state index contributed by atoms with van der Waals surface area (Å²) < 4.78 is 5.26. The predicted octanol–water partition coefficient (Wildman–Crippen LogP) is 5.38. The smallest absolute Gasteiger partial charge is 0.293 e. The van der Waals surface area contributed by atoms with E-state index in [9.17, 15) is 14.9 Å². The molecule has 0 spiro atoms. The molecule has 0 saturated heterocycles. The first-order valence-corrected chi connectivity index (χ1v) is 9.77. The van der Waals surface area contributed by atoms with Crippen molar-refractivity contribution in [3.63, 3.8) is 0 Å². The highest BCUT2D eigenvalue weighted by atomic mass is 32.2. The van der Waals surface area contributed by atoms with E-state index in [0.29, 0.717) is 5.75 Å². The van der Waals surface area contributed by atoms with Crippen LogP contribution >= 0.6 is 11.8 Å². The molecule has 0 bridgehead atoms. The molecule has 0 radical (unpaired) electrons. The first-order valence-electron chi connectivity index (χ1n) is 8.89. The minimum atomic E-state index is -0.593. The van der Waals surface area contributed by atoms with Crippen LogP contribution in [0.1, 0.15) is 16.4 Å². The Kier molecular flexibility index (Phi) is 6.51. The number of rotatable bonds is 7. The highest BCUT2D eigenvalue weighted by Gasteiger charge is 2.25. The second kappa shape index (κ2) is 9.25. The molecule has 1 unspecified atom stereocenters. The summed E-state index contributed by atoms with van der Waals surface area (Å²) in [5.41, 5.74) is 1.60. The first-order chi connectivity index (χ1) is 14.0. The summed E-state index contributed by atoms with van der Waals surface area (Å²) in [7, 11) is 1.59. The van der Waals surface area contributed by atoms with Gasteiger partial charge in [0.05, 0.1) is 12.0 Å². The van der Waals surface area contributed by atoms with Gasteiger partial charge in [-0.25, -0.2) is 0 Å². The average molecular weight is 408 g/mol. The number of hydrogen-bond donors (Lipinski definition) is 1. The molecule has 7 heteroatoms. The number of hydrogen-bond acceptors (Lipinski definition) is 5. The molecule has 3 aromatic carbocycles. The monoisotopic (exact) mass is 408 g/mol. The van der Waals surface area contributed by atoms with Gasteiger partial charge in [-0.3, -0.25) is 14.9 Å². The van der Waals surface area contributed by atoms with E-state index < -0.39 is 10.2 Å². The van der Waals surface area contributed by atoms with Crippen LogP contribution in [0, 0.1) is 17.0 Å². The number of nitrogens with zero attached hydrogens (tertiary/aromatic N) is 1. The lowest BCUT2D eigenvalue weighted by molar-refractivity contribution is -0.384. The van der Waals surface area contributed by atoms with Crippen LogP contribution in [-0.4, -0.2) is 17.9 Å². The van der Waals surface area contributed by atoms with Crippen molar-refractivity contribution in [2.75, 3.05) is 12.4 Å².